The highest BCUT2D eigenvalue weighted by Gasteiger charge is 2.52. The minimum absolute atomic E-state index is 0.167. The molecule has 118 valence electrons. The number of aliphatic hydroxyl groups excluding tert-OH is 1. The van der Waals surface area contributed by atoms with Gasteiger partial charge < -0.3 is 20.1 Å². The highest BCUT2D eigenvalue weighted by Crippen LogP contribution is 2.38. The molecule has 2 rings (SSSR count). The smallest absolute Gasteiger partial charge is 0.400 e. The second-order valence-electron chi connectivity index (χ2n) is 6.28. The van der Waals surface area contributed by atoms with Gasteiger partial charge in [-0.2, -0.15) is 0 Å². The Hall–Kier alpha value is -1.70. The van der Waals surface area contributed by atoms with E-state index in [-0.39, 0.29) is 12.3 Å². The lowest BCUT2D eigenvalue weighted by molar-refractivity contribution is 0.00578. The normalized spacial score (nSPS) is 20.2. The van der Waals surface area contributed by atoms with Crippen molar-refractivity contribution in [2.75, 3.05) is 6.61 Å². The van der Waals surface area contributed by atoms with Crippen molar-refractivity contribution in [1.29, 1.82) is 0 Å². The second-order valence-corrected chi connectivity index (χ2v) is 6.28. The number of primary amides is 1. The van der Waals surface area contributed by atoms with Gasteiger partial charge in [-0.3, -0.25) is 4.79 Å². The zero-order valence-electron chi connectivity index (χ0n) is 13.3. The molecule has 1 fully saturated rings. The van der Waals surface area contributed by atoms with Crippen LogP contribution in [0.1, 0.15) is 43.9 Å². The van der Waals surface area contributed by atoms with Gasteiger partial charge in [0.15, 0.2) is 0 Å². The number of nitrogens with two attached hydrogens (primary N) is 1. The molecule has 7 heteroatoms. The maximum absolute atomic E-state index is 11.2. The van der Waals surface area contributed by atoms with Gasteiger partial charge in [-0.05, 0) is 51.4 Å². The molecular weight excluding hydrogens is 283 g/mol. The maximum atomic E-state index is 11.2. The molecule has 3 N–H and O–H groups in total. The van der Waals surface area contributed by atoms with Gasteiger partial charge in [0, 0.05) is 0 Å². The van der Waals surface area contributed by atoms with E-state index in [1.807, 2.05) is 27.7 Å². The quantitative estimate of drug-likeness (QED) is 0.815. The second kappa shape index (κ2) is 5.83. The highest BCUT2D eigenvalue weighted by atomic mass is 16.7. The summed E-state index contributed by atoms with van der Waals surface area (Å²) in [4.78, 5) is 15.3. The van der Waals surface area contributed by atoms with Crippen molar-refractivity contribution in [3.05, 3.63) is 35.1 Å². The first-order chi connectivity index (χ1) is 10.2. The summed E-state index contributed by atoms with van der Waals surface area (Å²) in [5.41, 5.74) is 5.45. The Morgan fingerprint density at radius 3 is 2.41 bits per heavy atom. The minimum Gasteiger partial charge on any atom is -0.400 e. The number of nitrogens with zero attached hydrogens (tertiary/aromatic N) is 1. The van der Waals surface area contributed by atoms with Crippen molar-refractivity contribution in [3.8, 4) is 0 Å². The Bertz CT molecular complexity index is 597. The summed E-state index contributed by atoms with van der Waals surface area (Å²) >= 11 is 0. The lowest BCUT2D eigenvalue weighted by Crippen LogP contribution is -2.41. The largest absolute Gasteiger partial charge is 0.492 e. The fourth-order valence-electron chi connectivity index (χ4n) is 2.04. The van der Waals surface area contributed by atoms with Crippen molar-refractivity contribution in [3.63, 3.8) is 0 Å². The molecule has 0 spiro atoms. The lowest BCUT2D eigenvalue weighted by atomic mass is 9.78. The average molecular weight is 304 g/mol. The van der Waals surface area contributed by atoms with Crippen LogP contribution < -0.4 is 5.73 Å². The summed E-state index contributed by atoms with van der Waals surface area (Å²) in [5.74, 6) is -0.601. The fourth-order valence-corrected chi connectivity index (χ4v) is 2.04. The molecule has 0 radical (unpaired) electrons. The van der Waals surface area contributed by atoms with E-state index in [9.17, 15) is 9.90 Å². The van der Waals surface area contributed by atoms with E-state index in [0.717, 1.165) is 0 Å². The third-order valence-corrected chi connectivity index (χ3v) is 4.09. The van der Waals surface area contributed by atoms with Crippen LogP contribution in [0.3, 0.4) is 0 Å². The molecule has 0 bridgehead atoms. The molecule has 1 aliphatic heterocycles. The third-order valence-electron chi connectivity index (χ3n) is 4.09. The predicted octanol–water partition coefficient (Wildman–Crippen LogP) is 1.19. The molecule has 6 nitrogen and oxygen atoms in total. The van der Waals surface area contributed by atoms with E-state index in [0.29, 0.717) is 11.2 Å². The van der Waals surface area contributed by atoms with Crippen molar-refractivity contribution in [2.24, 2.45) is 5.73 Å². The zero-order valence-corrected chi connectivity index (χ0v) is 13.3. The van der Waals surface area contributed by atoms with Gasteiger partial charge in [0.25, 0.3) is 5.91 Å². The predicted molar refractivity (Wildman–Crippen MR) is 83.9 cm³/mol. The average Bonchev–Trinajstić information content (AvgIpc) is 2.65. The van der Waals surface area contributed by atoms with Crippen molar-refractivity contribution in [1.82, 2.24) is 4.98 Å². The fraction of sp³-hybridized carbons (Fsp3) is 0.467. The van der Waals surface area contributed by atoms with Gasteiger partial charge in [0.1, 0.15) is 5.69 Å². The van der Waals surface area contributed by atoms with Gasteiger partial charge >= 0.3 is 7.12 Å². The van der Waals surface area contributed by atoms with Crippen LogP contribution >= 0.6 is 0 Å². The maximum Gasteiger partial charge on any atom is 0.492 e. The van der Waals surface area contributed by atoms with Gasteiger partial charge in [0.05, 0.1) is 23.5 Å². The van der Waals surface area contributed by atoms with E-state index in [4.69, 9.17) is 15.0 Å². The Balaban J connectivity index is 2.29. The van der Waals surface area contributed by atoms with Crippen LogP contribution in [0.2, 0.25) is 0 Å². The molecule has 1 aromatic heterocycles. The summed E-state index contributed by atoms with van der Waals surface area (Å²) in [7, 11) is -0.658. The number of hydrogen-bond acceptors (Lipinski definition) is 5. The van der Waals surface area contributed by atoms with Crippen LogP contribution in [-0.2, 0) is 9.31 Å². The molecule has 22 heavy (non-hydrogen) atoms. The third kappa shape index (κ3) is 3.21. The number of rotatable bonds is 4. The van der Waals surface area contributed by atoms with Crippen LogP contribution in [0.5, 0.6) is 0 Å². The molecule has 1 aliphatic rings. The van der Waals surface area contributed by atoms with Crippen LogP contribution in [0.15, 0.2) is 23.7 Å². The number of hydrogen-bond donors (Lipinski definition) is 2. The van der Waals surface area contributed by atoms with Gasteiger partial charge in [-0.15, -0.1) is 0 Å². The van der Waals surface area contributed by atoms with Crippen LogP contribution in [0.25, 0.3) is 6.08 Å². The standard InChI is InChI=1S/C15H21BN2O4/c1-14(2)15(3,4)22-16(21-14)10(9-19)8-11-6-5-7-12(18-11)13(17)20/h5-8,19H,9H2,1-4H3,(H2,17,20). The number of carbonyl (C=O) groups is 1. The first kappa shape index (κ1) is 16.7. The first-order valence-electron chi connectivity index (χ1n) is 7.10. The van der Waals surface area contributed by atoms with E-state index in [1.165, 1.54) is 6.07 Å². The molecule has 0 atom stereocenters. The van der Waals surface area contributed by atoms with E-state index < -0.39 is 24.2 Å². The van der Waals surface area contributed by atoms with Crippen LogP contribution in [0.4, 0.5) is 0 Å². The number of carbonyl (C=O) groups excluding carboxylic acids is 1. The Morgan fingerprint density at radius 2 is 1.91 bits per heavy atom. The molecule has 2 heterocycles. The topological polar surface area (TPSA) is 94.7 Å². The number of aliphatic hydroxyl groups is 1. The number of amides is 1. The van der Waals surface area contributed by atoms with Gasteiger partial charge in [-0.25, -0.2) is 4.98 Å². The molecule has 1 amide bonds. The SMILES string of the molecule is CC1(C)OB(C(=Cc2cccc(C(N)=O)n2)CO)OC1(C)C. The van der Waals surface area contributed by atoms with Crippen LogP contribution in [0, 0.1) is 0 Å². The number of pyridine rings is 1. The summed E-state index contributed by atoms with van der Waals surface area (Å²) in [6, 6.07) is 4.93. The molecule has 1 saturated heterocycles. The summed E-state index contributed by atoms with van der Waals surface area (Å²) in [6.45, 7) is 7.52. The molecule has 0 aliphatic carbocycles. The Morgan fingerprint density at radius 1 is 1.32 bits per heavy atom. The molecule has 0 aromatic carbocycles. The summed E-state index contributed by atoms with van der Waals surface area (Å²) < 4.78 is 11.8. The Kier molecular flexibility index (Phi) is 4.42. The first-order valence-corrected chi connectivity index (χ1v) is 7.10. The van der Waals surface area contributed by atoms with E-state index in [2.05, 4.69) is 4.98 Å². The van der Waals surface area contributed by atoms with Crippen molar-refractivity contribution in [2.45, 2.75) is 38.9 Å². The van der Waals surface area contributed by atoms with E-state index in [1.54, 1.807) is 18.2 Å². The number of aromatic nitrogens is 1. The summed E-state index contributed by atoms with van der Waals surface area (Å²) in [6.07, 6.45) is 1.65. The zero-order chi connectivity index (χ0) is 16.5. The summed E-state index contributed by atoms with van der Waals surface area (Å²) in [5, 5.41) is 9.62. The van der Waals surface area contributed by atoms with Crippen LogP contribution in [-0.4, -0.2) is 40.9 Å². The highest BCUT2D eigenvalue weighted by molar-refractivity contribution is 6.55. The van der Waals surface area contributed by atoms with E-state index >= 15 is 0 Å². The van der Waals surface area contributed by atoms with Gasteiger partial charge in [-0.1, -0.05) is 6.07 Å². The molecule has 0 saturated carbocycles. The Labute approximate surface area is 130 Å². The lowest BCUT2D eigenvalue weighted by Gasteiger charge is -2.32. The van der Waals surface area contributed by atoms with Crippen molar-refractivity contribution >= 4 is 19.1 Å². The molecule has 0 unspecified atom stereocenters. The monoisotopic (exact) mass is 304 g/mol. The molecular formula is C15H21BN2O4. The molecule has 1 aromatic rings. The van der Waals surface area contributed by atoms with Crippen molar-refractivity contribution < 1.29 is 19.2 Å². The van der Waals surface area contributed by atoms with Gasteiger partial charge in [0.2, 0.25) is 0 Å². The minimum atomic E-state index is -0.658.